The summed E-state index contributed by atoms with van der Waals surface area (Å²) in [6.45, 7) is 7.04. The van der Waals surface area contributed by atoms with Crippen molar-refractivity contribution in [1.29, 1.82) is 0 Å². The van der Waals surface area contributed by atoms with Gasteiger partial charge in [-0.05, 0) is 88.4 Å². The van der Waals surface area contributed by atoms with Gasteiger partial charge in [-0.3, -0.25) is 4.79 Å². The molecule has 0 bridgehead atoms. The molecule has 3 aliphatic rings. The Morgan fingerprint density at radius 3 is 2.43 bits per heavy atom. The molecule has 5 nitrogen and oxygen atoms in total. The van der Waals surface area contributed by atoms with Crippen LogP contribution in [0.2, 0.25) is 0 Å². The molecule has 0 spiro atoms. The van der Waals surface area contributed by atoms with Crippen molar-refractivity contribution in [2.75, 3.05) is 13.2 Å². The minimum atomic E-state index is 0.0740. The first-order valence-corrected chi connectivity index (χ1v) is 12.1. The standard InChI is InChI=1S/C25H40O5/c1-3-14-28-29-16-5-4-15-27-23-10-12-24(13-11-23)30-25(26)22-9-8-20-17-19(2)6-7-21(20)18-22/h14,19-24H,1,4-13,15-18H2,2H3. The Labute approximate surface area is 182 Å². The molecule has 4 atom stereocenters. The first-order chi connectivity index (χ1) is 14.7. The number of hydrogen-bond donors (Lipinski definition) is 0. The molecule has 0 heterocycles. The van der Waals surface area contributed by atoms with Crippen molar-refractivity contribution in [3.8, 4) is 0 Å². The maximum absolute atomic E-state index is 12.7. The number of hydrogen-bond acceptors (Lipinski definition) is 5. The third-order valence-corrected chi connectivity index (χ3v) is 7.29. The van der Waals surface area contributed by atoms with Crippen molar-refractivity contribution in [3.63, 3.8) is 0 Å². The van der Waals surface area contributed by atoms with Crippen LogP contribution in [0.25, 0.3) is 0 Å². The lowest BCUT2D eigenvalue weighted by Gasteiger charge is -2.41. The molecule has 0 aromatic rings. The van der Waals surface area contributed by atoms with Crippen LogP contribution in [0.3, 0.4) is 0 Å². The molecule has 0 aliphatic heterocycles. The molecule has 4 unspecified atom stereocenters. The highest BCUT2D eigenvalue weighted by molar-refractivity contribution is 5.72. The highest BCUT2D eigenvalue weighted by Gasteiger charge is 2.38. The van der Waals surface area contributed by atoms with Gasteiger partial charge in [0.05, 0.1) is 18.6 Å². The molecular formula is C25H40O5. The van der Waals surface area contributed by atoms with Crippen LogP contribution in [0.1, 0.15) is 84.0 Å². The Hall–Kier alpha value is -1.29. The van der Waals surface area contributed by atoms with Gasteiger partial charge in [-0.25, -0.2) is 0 Å². The fourth-order valence-corrected chi connectivity index (χ4v) is 5.54. The molecule has 30 heavy (non-hydrogen) atoms. The first-order valence-electron chi connectivity index (χ1n) is 12.1. The van der Waals surface area contributed by atoms with Gasteiger partial charge in [0.15, 0.2) is 6.26 Å². The van der Waals surface area contributed by atoms with Crippen LogP contribution in [0.15, 0.2) is 18.6 Å². The Morgan fingerprint density at radius 2 is 1.63 bits per heavy atom. The lowest BCUT2D eigenvalue weighted by atomic mass is 9.65. The quantitative estimate of drug-likeness (QED) is 0.113. The van der Waals surface area contributed by atoms with E-state index >= 15 is 0 Å². The monoisotopic (exact) mass is 420 g/mol. The van der Waals surface area contributed by atoms with E-state index in [9.17, 15) is 4.79 Å². The minimum absolute atomic E-state index is 0.0740. The zero-order chi connectivity index (χ0) is 21.2. The third-order valence-electron chi connectivity index (χ3n) is 7.29. The van der Waals surface area contributed by atoms with E-state index in [1.807, 2.05) is 0 Å². The average molecular weight is 421 g/mol. The van der Waals surface area contributed by atoms with E-state index in [4.69, 9.17) is 19.2 Å². The van der Waals surface area contributed by atoms with Crippen molar-refractivity contribution in [1.82, 2.24) is 0 Å². The van der Waals surface area contributed by atoms with Gasteiger partial charge in [-0.15, -0.1) is 0 Å². The second-order valence-electron chi connectivity index (χ2n) is 9.60. The van der Waals surface area contributed by atoms with E-state index in [0.717, 1.165) is 75.7 Å². The zero-order valence-corrected chi connectivity index (χ0v) is 18.7. The summed E-state index contributed by atoms with van der Waals surface area (Å²) in [7, 11) is 0. The highest BCUT2D eigenvalue weighted by atomic mass is 17.2. The molecule has 0 radical (unpaired) electrons. The number of ether oxygens (including phenoxy) is 2. The fraction of sp³-hybridized carbons (Fsp3) is 0.840. The van der Waals surface area contributed by atoms with Crippen LogP contribution in [0.5, 0.6) is 0 Å². The van der Waals surface area contributed by atoms with Gasteiger partial charge >= 0.3 is 5.97 Å². The molecule has 0 aromatic carbocycles. The predicted octanol–water partition coefficient (Wildman–Crippen LogP) is 5.74. The number of carbonyl (C=O) groups is 1. The SMILES string of the molecule is C=C=COOCCCCOC1CCC(OC(=O)C2CCC3CC(C)CCC3C2)CC1. The molecule has 0 amide bonds. The molecule has 3 saturated carbocycles. The fourth-order valence-electron chi connectivity index (χ4n) is 5.54. The van der Waals surface area contributed by atoms with Gasteiger partial charge in [-0.1, -0.05) is 25.7 Å². The molecule has 0 N–H and O–H groups in total. The van der Waals surface area contributed by atoms with Crippen molar-refractivity contribution < 1.29 is 24.0 Å². The summed E-state index contributed by atoms with van der Waals surface area (Å²) in [4.78, 5) is 22.4. The summed E-state index contributed by atoms with van der Waals surface area (Å²) in [6.07, 6.45) is 14.6. The summed E-state index contributed by atoms with van der Waals surface area (Å²) in [5, 5.41) is 0. The maximum Gasteiger partial charge on any atom is 0.309 e. The second kappa shape index (κ2) is 12.5. The second-order valence-corrected chi connectivity index (χ2v) is 9.60. The van der Waals surface area contributed by atoms with Crippen LogP contribution in [0, 0.1) is 23.7 Å². The molecule has 0 aromatic heterocycles. The van der Waals surface area contributed by atoms with Crippen molar-refractivity contribution >= 4 is 5.97 Å². The Kier molecular flexibility index (Phi) is 9.77. The van der Waals surface area contributed by atoms with E-state index in [-0.39, 0.29) is 18.0 Å². The molecule has 0 saturated heterocycles. The van der Waals surface area contributed by atoms with Gasteiger partial charge in [-0.2, -0.15) is 4.89 Å². The van der Waals surface area contributed by atoms with Gasteiger partial charge in [0, 0.05) is 6.61 Å². The van der Waals surface area contributed by atoms with Gasteiger partial charge in [0.2, 0.25) is 0 Å². The Bertz CT molecular complexity index is 562. The maximum atomic E-state index is 12.7. The molecule has 170 valence electrons. The van der Waals surface area contributed by atoms with Gasteiger partial charge < -0.3 is 14.4 Å². The van der Waals surface area contributed by atoms with Crippen LogP contribution in [-0.2, 0) is 24.0 Å². The smallest absolute Gasteiger partial charge is 0.309 e. The molecular weight excluding hydrogens is 380 g/mol. The molecule has 3 aliphatic carbocycles. The molecule has 3 fully saturated rings. The lowest BCUT2D eigenvalue weighted by Crippen LogP contribution is -2.36. The summed E-state index contributed by atoms with van der Waals surface area (Å²) >= 11 is 0. The van der Waals surface area contributed by atoms with Crippen molar-refractivity contribution in [2.24, 2.45) is 23.7 Å². The van der Waals surface area contributed by atoms with Crippen molar-refractivity contribution in [3.05, 3.63) is 18.6 Å². The number of esters is 1. The minimum Gasteiger partial charge on any atom is -0.462 e. The summed E-state index contributed by atoms with van der Waals surface area (Å²) in [5.41, 5.74) is 2.48. The van der Waals surface area contributed by atoms with Crippen LogP contribution >= 0.6 is 0 Å². The normalized spacial score (nSPS) is 33.8. The average Bonchev–Trinajstić information content (AvgIpc) is 2.76. The van der Waals surface area contributed by atoms with E-state index in [1.54, 1.807) is 0 Å². The van der Waals surface area contributed by atoms with E-state index in [2.05, 4.69) is 19.2 Å². The van der Waals surface area contributed by atoms with Gasteiger partial charge in [0.1, 0.15) is 6.10 Å². The van der Waals surface area contributed by atoms with Crippen LogP contribution in [0.4, 0.5) is 0 Å². The third kappa shape index (κ3) is 7.44. The predicted molar refractivity (Wildman–Crippen MR) is 115 cm³/mol. The van der Waals surface area contributed by atoms with E-state index in [1.165, 1.54) is 31.9 Å². The number of fused-ring (bicyclic) bond motifs is 1. The van der Waals surface area contributed by atoms with Crippen LogP contribution in [-0.4, -0.2) is 31.4 Å². The first kappa shape index (κ1) is 23.4. The van der Waals surface area contributed by atoms with Crippen LogP contribution < -0.4 is 0 Å². The Morgan fingerprint density at radius 1 is 0.933 bits per heavy atom. The van der Waals surface area contributed by atoms with Crippen molar-refractivity contribution in [2.45, 2.75) is 96.2 Å². The Balaban J connectivity index is 1.25. The topological polar surface area (TPSA) is 54.0 Å². The van der Waals surface area contributed by atoms with E-state index < -0.39 is 0 Å². The van der Waals surface area contributed by atoms with Gasteiger partial charge in [0.25, 0.3) is 0 Å². The number of carbonyl (C=O) groups excluding carboxylic acids is 1. The summed E-state index contributed by atoms with van der Waals surface area (Å²) in [6, 6.07) is 0. The molecule has 5 heteroatoms. The summed E-state index contributed by atoms with van der Waals surface area (Å²) in [5.74, 6) is 2.70. The number of unbranched alkanes of at least 4 members (excludes halogenated alkanes) is 1. The molecule has 3 rings (SSSR count). The number of rotatable bonds is 10. The zero-order valence-electron chi connectivity index (χ0n) is 18.7. The summed E-state index contributed by atoms with van der Waals surface area (Å²) < 4.78 is 11.9. The largest absolute Gasteiger partial charge is 0.462 e. The van der Waals surface area contributed by atoms with E-state index in [0.29, 0.717) is 12.7 Å². The highest BCUT2D eigenvalue weighted by Crippen LogP contribution is 2.45. The lowest BCUT2D eigenvalue weighted by molar-refractivity contribution is -0.249.